The number of benzene rings is 2. The number of nitrogens with zero attached hydrogens (tertiary/aromatic N) is 1. The average molecular weight is 319 g/mol. The summed E-state index contributed by atoms with van der Waals surface area (Å²) in [5.41, 5.74) is 2.65. The number of carbonyl (C=O) groups excluding carboxylic acids is 1. The van der Waals surface area contributed by atoms with Crippen LogP contribution < -0.4 is 0 Å². The number of likely N-dealkylation sites (tertiary alicyclic amines) is 1. The lowest BCUT2D eigenvalue weighted by atomic mass is 9.84. The molecule has 0 saturated carbocycles. The molecule has 2 heterocycles. The minimum atomic E-state index is -0.396. The molecule has 0 N–H and O–H groups in total. The Morgan fingerprint density at radius 3 is 2.50 bits per heavy atom. The molecule has 1 saturated heterocycles. The highest BCUT2D eigenvalue weighted by molar-refractivity contribution is 5.94. The quantitative estimate of drug-likeness (QED) is 0.805. The number of piperidine rings is 1. The van der Waals surface area contributed by atoms with Crippen LogP contribution in [0.2, 0.25) is 0 Å². The van der Waals surface area contributed by atoms with E-state index >= 15 is 0 Å². The van der Waals surface area contributed by atoms with E-state index in [0.29, 0.717) is 0 Å². The number of hydrogen-bond donors (Lipinski definition) is 0. The summed E-state index contributed by atoms with van der Waals surface area (Å²) in [5, 5.41) is 0. The maximum atomic E-state index is 12.1. The molecule has 3 nitrogen and oxygen atoms in total. The smallest absolute Gasteiger partial charge is 0.339 e. The third-order valence-electron chi connectivity index (χ3n) is 5.06. The van der Waals surface area contributed by atoms with Crippen molar-refractivity contribution in [2.24, 2.45) is 0 Å². The van der Waals surface area contributed by atoms with Gasteiger partial charge in [-0.3, -0.25) is 4.90 Å². The summed E-state index contributed by atoms with van der Waals surface area (Å²) in [4.78, 5) is 14.5. The van der Waals surface area contributed by atoms with E-state index in [0.717, 1.165) is 43.6 Å². The summed E-state index contributed by atoms with van der Waals surface area (Å²) in [6.07, 6.45) is 6.11. The first-order chi connectivity index (χ1) is 11.8. The van der Waals surface area contributed by atoms with E-state index in [1.807, 2.05) is 30.3 Å². The van der Waals surface area contributed by atoms with Crippen molar-refractivity contribution in [2.45, 2.75) is 18.4 Å². The summed E-state index contributed by atoms with van der Waals surface area (Å²) in [6, 6.07) is 18.2. The van der Waals surface area contributed by atoms with E-state index in [4.69, 9.17) is 4.74 Å². The largest absolute Gasteiger partial charge is 0.450 e. The molecular formula is C21H21NO2. The van der Waals surface area contributed by atoms with Crippen LogP contribution in [0.15, 0.2) is 60.7 Å². The van der Waals surface area contributed by atoms with Gasteiger partial charge in [0.1, 0.15) is 5.60 Å². The minimum Gasteiger partial charge on any atom is -0.450 e. The van der Waals surface area contributed by atoms with Gasteiger partial charge in [-0.15, -0.1) is 0 Å². The standard InChI is InChI=1S/C21H21NO2/c23-20-18-10-4-5-11-19(18)21(24-20)12-15-22(16-13-21)14-6-9-17-7-2-1-3-8-17/h1-11H,12-16H2/b9-6+. The molecule has 2 aliphatic heterocycles. The van der Waals surface area contributed by atoms with Crippen molar-refractivity contribution in [1.29, 1.82) is 0 Å². The van der Waals surface area contributed by atoms with Crippen LogP contribution in [-0.4, -0.2) is 30.5 Å². The van der Waals surface area contributed by atoms with Gasteiger partial charge in [0.15, 0.2) is 0 Å². The van der Waals surface area contributed by atoms with Crippen molar-refractivity contribution < 1.29 is 9.53 Å². The van der Waals surface area contributed by atoms with Crippen LogP contribution in [0.4, 0.5) is 0 Å². The summed E-state index contributed by atoms with van der Waals surface area (Å²) >= 11 is 0. The molecule has 4 rings (SSSR count). The molecule has 24 heavy (non-hydrogen) atoms. The monoisotopic (exact) mass is 319 g/mol. The van der Waals surface area contributed by atoms with Gasteiger partial charge in [-0.1, -0.05) is 60.7 Å². The van der Waals surface area contributed by atoms with Crippen molar-refractivity contribution in [3.05, 3.63) is 77.4 Å². The summed E-state index contributed by atoms with van der Waals surface area (Å²) in [5.74, 6) is -0.164. The van der Waals surface area contributed by atoms with Gasteiger partial charge in [-0.25, -0.2) is 4.79 Å². The second kappa shape index (κ2) is 6.25. The van der Waals surface area contributed by atoms with Gasteiger partial charge < -0.3 is 4.74 Å². The highest BCUT2D eigenvalue weighted by Gasteiger charge is 2.46. The zero-order valence-corrected chi connectivity index (χ0v) is 13.7. The first-order valence-electron chi connectivity index (χ1n) is 8.54. The Hall–Kier alpha value is -2.39. The van der Waals surface area contributed by atoms with E-state index in [9.17, 15) is 4.79 Å². The van der Waals surface area contributed by atoms with Crippen molar-refractivity contribution in [2.75, 3.05) is 19.6 Å². The number of rotatable bonds is 3. The maximum absolute atomic E-state index is 12.1. The first kappa shape index (κ1) is 15.2. The predicted molar refractivity (Wildman–Crippen MR) is 94.7 cm³/mol. The second-order valence-corrected chi connectivity index (χ2v) is 6.54. The van der Waals surface area contributed by atoms with Crippen molar-refractivity contribution in [1.82, 2.24) is 4.90 Å². The van der Waals surface area contributed by atoms with E-state index in [1.165, 1.54) is 5.56 Å². The van der Waals surface area contributed by atoms with Crippen LogP contribution in [0.5, 0.6) is 0 Å². The molecule has 0 aromatic heterocycles. The number of hydrogen-bond acceptors (Lipinski definition) is 3. The van der Waals surface area contributed by atoms with Crippen LogP contribution in [0.25, 0.3) is 6.08 Å². The Balaban J connectivity index is 1.39. The Morgan fingerprint density at radius 1 is 1.00 bits per heavy atom. The van der Waals surface area contributed by atoms with E-state index < -0.39 is 5.60 Å². The SMILES string of the molecule is O=C1OC2(CCN(C/C=C/c3ccccc3)CC2)c2ccccc21. The first-order valence-corrected chi connectivity index (χ1v) is 8.54. The molecule has 1 fully saturated rings. The van der Waals surface area contributed by atoms with Gasteiger partial charge in [0.25, 0.3) is 0 Å². The highest BCUT2D eigenvalue weighted by Crippen LogP contribution is 2.43. The molecule has 122 valence electrons. The van der Waals surface area contributed by atoms with Crippen LogP contribution in [-0.2, 0) is 10.3 Å². The van der Waals surface area contributed by atoms with Crippen LogP contribution in [0.1, 0.15) is 34.3 Å². The number of esters is 1. The normalized spacial score (nSPS) is 19.6. The fraction of sp³-hybridized carbons (Fsp3) is 0.286. The number of fused-ring (bicyclic) bond motifs is 2. The van der Waals surface area contributed by atoms with Gasteiger partial charge >= 0.3 is 5.97 Å². The van der Waals surface area contributed by atoms with Gasteiger partial charge in [0.2, 0.25) is 0 Å². The molecule has 2 aliphatic rings. The van der Waals surface area contributed by atoms with Crippen molar-refractivity contribution in [3.8, 4) is 0 Å². The Labute approximate surface area is 142 Å². The molecule has 0 radical (unpaired) electrons. The Kier molecular flexibility index (Phi) is 3.95. The fourth-order valence-electron chi connectivity index (χ4n) is 3.72. The zero-order valence-electron chi connectivity index (χ0n) is 13.7. The third-order valence-corrected chi connectivity index (χ3v) is 5.06. The fourth-order valence-corrected chi connectivity index (χ4v) is 3.72. The molecule has 1 spiro atoms. The Morgan fingerprint density at radius 2 is 1.71 bits per heavy atom. The van der Waals surface area contributed by atoms with Crippen molar-refractivity contribution >= 4 is 12.0 Å². The lowest BCUT2D eigenvalue weighted by molar-refractivity contribution is -0.0413. The minimum absolute atomic E-state index is 0.164. The topological polar surface area (TPSA) is 29.5 Å². The van der Waals surface area contributed by atoms with E-state index in [2.05, 4.69) is 41.3 Å². The zero-order chi connectivity index (χ0) is 16.4. The second-order valence-electron chi connectivity index (χ2n) is 6.54. The van der Waals surface area contributed by atoms with Gasteiger partial charge in [0, 0.05) is 38.0 Å². The molecule has 0 amide bonds. The summed E-state index contributed by atoms with van der Waals surface area (Å²) in [7, 11) is 0. The van der Waals surface area contributed by atoms with Gasteiger partial charge in [0.05, 0.1) is 5.56 Å². The molecular weight excluding hydrogens is 298 g/mol. The molecule has 0 bridgehead atoms. The molecule has 0 atom stereocenters. The molecule has 2 aromatic rings. The lowest BCUT2D eigenvalue weighted by Gasteiger charge is -2.38. The van der Waals surface area contributed by atoms with E-state index in [1.54, 1.807) is 0 Å². The molecule has 0 aliphatic carbocycles. The molecule has 3 heteroatoms. The molecule has 2 aromatic carbocycles. The predicted octanol–water partition coefficient (Wildman–Crippen LogP) is 3.86. The molecule has 0 unspecified atom stereocenters. The maximum Gasteiger partial charge on any atom is 0.339 e. The van der Waals surface area contributed by atoms with E-state index in [-0.39, 0.29) is 5.97 Å². The lowest BCUT2D eigenvalue weighted by Crippen LogP contribution is -2.42. The highest BCUT2D eigenvalue weighted by atomic mass is 16.6. The summed E-state index contributed by atoms with van der Waals surface area (Å²) < 4.78 is 5.80. The number of carbonyl (C=O) groups is 1. The van der Waals surface area contributed by atoms with Crippen LogP contribution in [0.3, 0.4) is 0 Å². The van der Waals surface area contributed by atoms with Crippen LogP contribution in [0, 0.1) is 0 Å². The van der Waals surface area contributed by atoms with Gasteiger partial charge in [-0.05, 0) is 11.6 Å². The number of ether oxygens (including phenoxy) is 1. The van der Waals surface area contributed by atoms with Crippen LogP contribution >= 0.6 is 0 Å². The third kappa shape index (κ3) is 2.76. The van der Waals surface area contributed by atoms with Crippen molar-refractivity contribution in [3.63, 3.8) is 0 Å². The van der Waals surface area contributed by atoms with Gasteiger partial charge in [-0.2, -0.15) is 0 Å². The average Bonchev–Trinajstić information content (AvgIpc) is 2.90. The summed E-state index contributed by atoms with van der Waals surface area (Å²) in [6.45, 7) is 2.82. The Bertz CT molecular complexity index is 758.